The molecule has 6 nitrogen and oxygen atoms in total. The minimum atomic E-state index is -0.747. The van der Waals surface area contributed by atoms with Gasteiger partial charge in [-0.3, -0.25) is 14.9 Å². The Kier molecular flexibility index (Phi) is 4.94. The minimum Gasteiger partial charge on any atom is -0.333 e. The second-order valence-electron chi connectivity index (χ2n) is 5.95. The van der Waals surface area contributed by atoms with Crippen LogP contribution in [0.1, 0.15) is 16.7 Å². The largest absolute Gasteiger partial charge is 0.333 e. The van der Waals surface area contributed by atoms with Crippen molar-refractivity contribution in [2.75, 3.05) is 0 Å². The van der Waals surface area contributed by atoms with Crippen LogP contribution in [0.5, 0.6) is 0 Å². The second kappa shape index (κ2) is 7.00. The molecule has 1 aliphatic heterocycles. The highest BCUT2D eigenvalue weighted by molar-refractivity contribution is 6.35. The number of fused-ring (bicyclic) bond motifs is 1. The van der Waals surface area contributed by atoms with Crippen LogP contribution in [0.4, 0.5) is 5.69 Å². The molecule has 0 radical (unpaired) electrons. The smallest absolute Gasteiger partial charge is 0.269 e. The number of nitrogens with two attached hydrogens (primary N) is 1. The number of rotatable bonds is 4. The zero-order valence-electron chi connectivity index (χ0n) is 13.1. The summed E-state index contributed by atoms with van der Waals surface area (Å²) in [7, 11) is 0. The van der Waals surface area contributed by atoms with Crippen molar-refractivity contribution in [3.8, 4) is 0 Å². The van der Waals surface area contributed by atoms with Crippen LogP contribution in [-0.2, 0) is 24.3 Å². The third-order valence-corrected chi connectivity index (χ3v) is 4.79. The Labute approximate surface area is 154 Å². The number of halogens is 2. The van der Waals surface area contributed by atoms with Crippen LogP contribution in [0.2, 0.25) is 10.0 Å². The summed E-state index contributed by atoms with van der Waals surface area (Å²) in [4.78, 5) is 24.6. The third kappa shape index (κ3) is 3.76. The van der Waals surface area contributed by atoms with Crippen molar-refractivity contribution in [2.45, 2.75) is 25.6 Å². The molecule has 0 bridgehead atoms. The first-order chi connectivity index (χ1) is 11.8. The maximum Gasteiger partial charge on any atom is 0.269 e. The minimum absolute atomic E-state index is 0.0188. The monoisotopic (exact) mass is 379 g/mol. The van der Waals surface area contributed by atoms with Crippen LogP contribution in [0.15, 0.2) is 36.4 Å². The van der Waals surface area contributed by atoms with Gasteiger partial charge in [-0.1, -0.05) is 35.3 Å². The molecule has 1 heterocycles. The highest BCUT2D eigenvalue weighted by Crippen LogP contribution is 2.28. The van der Waals surface area contributed by atoms with Gasteiger partial charge in [0.25, 0.3) is 5.69 Å². The van der Waals surface area contributed by atoms with Gasteiger partial charge in [0.1, 0.15) is 0 Å². The third-order valence-electron chi connectivity index (χ3n) is 4.21. The SMILES string of the molecule is N[C@H](Cc1ccc(Cl)cc1Cl)C(=O)N1Cc2ccc([N+](=O)[O-])cc2C1. The Hall–Kier alpha value is -2.15. The van der Waals surface area contributed by atoms with Crippen LogP contribution >= 0.6 is 23.2 Å². The van der Waals surface area contributed by atoms with Gasteiger partial charge in [0, 0.05) is 35.3 Å². The maximum absolute atomic E-state index is 12.6. The summed E-state index contributed by atoms with van der Waals surface area (Å²) >= 11 is 12.0. The van der Waals surface area contributed by atoms with E-state index < -0.39 is 11.0 Å². The van der Waals surface area contributed by atoms with Gasteiger partial charge >= 0.3 is 0 Å². The average Bonchev–Trinajstić information content (AvgIpc) is 2.99. The molecule has 2 aromatic rings. The normalized spacial score (nSPS) is 14.3. The zero-order chi connectivity index (χ0) is 18.1. The first kappa shape index (κ1) is 17.7. The van der Waals surface area contributed by atoms with E-state index in [4.69, 9.17) is 28.9 Å². The molecule has 0 saturated heterocycles. The fourth-order valence-electron chi connectivity index (χ4n) is 2.90. The summed E-state index contributed by atoms with van der Waals surface area (Å²) in [5.74, 6) is -0.218. The number of benzene rings is 2. The number of carbonyl (C=O) groups is 1. The van der Waals surface area contributed by atoms with Gasteiger partial charge in [-0.15, -0.1) is 0 Å². The van der Waals surface area contributed by atoms with Crippen LogP contribution in [0.25, 0.3) is 0 Å². The average molecular weight is 380 g/mol. The van der Waals surface area contributed by atoms with Crippen molar-refractivity contribution in [1.82, 2.24) is 4.90 Å². The summed E-state index contributed by atoms with van der Waals surface area (Å²) in [6.45, 7) is 0.714. The van der Waals surface area contributed by atoms with Crippen molar-refractivity contribution >= 4 is 34.8 Å². The van der Waals surface area contributed by atoms with Crippen LogP contribution in [-0.4, -0.2) is 21.8 Å². The lowest BCUT2D eigenvalue weighted by Crippen LogP contribution is -2.42. The lowest BCUT2D eigenvalue weighted by Gasteiger charge is -2.20. The fourth-order valence-corrected chi connectivity index (χ4v) is 3.38. The van der Waals surface area contributed by atoms with Gasteiger partial charge in [-0.25, -0.2) is 0 Å². The zero-order valence-corrected chi connectivity index (χ0v) is 14.6. The molecule has 2 N–H and O–H groups in total. The van der Waals surface area contributed by atoms with E-state index in [1.54, 1.807) is 29.2 Å². The number of hydrogen-bond acceptors (Lipinski definition) is 4. The molecule has 2 aromatic carbocycles. The van der Waals surface area contributed by atoms with E-state index in [2.05, 4.69) is 0 Å². The summed E-state index contributed by atoms with van der Waals surface area (Å²) in [6.07, 6.45) is 0.293. The molecule has 0 spiro atoms. The molecule has 0 unspecified atom stereocenters. The topological polar surface area (TPSA) is 89.5 Å². The summed E-state index contributed by atoms with van der Waals surface area (Å²) in [5, 5.41) is 11.9. The van der Waals surface area contributed by atoms with Crippen LogP contribution < -0.4 is 5.73 Å². The van der Waals surface area contributed by atoms with E-state index in [1.165, 1.54) is 12.1 Å². The number of amides is 1. The standard InChI is InChI=1S/C17H15Cl2N3O3/c18-13-3-1-10(15(19)7-13)6-16(20)17(23)21-8-11-2-4-14(22(24)25)5-12(11)9-21/h1-5,7,16H,6,8-9,20H2/t16-/m1/s1. The number of hydrogen-bond donors (Lipinski definition) is 1. The molecule has 25 heavy (non-hydrogen) atoms. The quantitative estimate of drug-likeness (QED) is 0.651. The first-order valence-corrected chi connectivity index (χ1v) is 8.35. The van der Waals surface area contributed by atoms with Gasteiger partial charge in [-0.05, 0) is 35.2 Å². The maximum atomic E-state index is 12.6. The van der Waals surface area contributed by atoms with Gasteiger partial charge in [0.05, 0.1) is 11.0 Å². The molecule has 3 rings (SSSR count). The summed E-state index contributed by atoms with van der Waals surface area (Å²) in [5.41, 5.74) is 8.50. The van der Waals surface area contributed by atoms with Gasteiger partial charge < -0.3 is 10.6 Å². The van der Waals surface area contributed by atoms with E-state index in [-0.39, 0.29) is 11.6 Å². The Balaban J connectivity index is 1.70. The van der Waals surface area contributed by atoms with E-state index >= 15 is 0 Å². The van der Waals surface area contributed by atoms with Crippen molar-refractivity contribution in [2.24, 2.45) is 5.73 Å². The molecule has 130 valence electrons. The predicted molar refractivity (Wildman–Crippen MR) is 95.5 cm³/mol. The molecule has 1 atom stereocenters. The molecule has 0 fully saturated rings. The lowest BCUT2D eigenvalue weighted by molar-refractivity contribution is -0.384. The second-order valence-corrected chi connectivity index (χ2v) is 6.79. The van der Waals surface area contributed by atoms with Crippen molar-refractivity contribution in [3.05, 3.63) is 73.2 Å². The van der Waals surface area contributed by atoms with Crippen LogP contribution in [0.3, 0.4) is 0 Å². The van der Waals surface area contributed by atoms with Gasteiger partial charge in [-0.2, -0.15) is 0 Å². The van der Waals surface area contributed by atoms with Crippen LogP contribution in [0, 0.1) is 10.1 Å². The Morgan fingerprint density at radius 3 is 2.60 bits per heavy atom. The van der Waals surface area contributed by atoms with E-state index in [9.17, 15) is 14.9 Å². The molecule has 0 aliphatic carbocycles. The van der Waals surface area contributed by atoms with Crippen molar-refractivity contribution < 1.29 is 9.72 Å². The number of nitro benzene ring substituents is 1. The Bertz CT molecular complexity index is 857. The lowest BCUT2D eigenvalue weighted by atomic mass is 10.1. The number of nitrogens with zero attached hydrogens (tertiary/aromatic N) is 2. The first-order valence-electron chi connectivity index (χ1n) is 7.59. The number of nitro groups is 1. The highest BCUT2D eigenvalue weighted by Gasteiger charge is 2.28. The molecule has 0 saturated carbocycles. The summed E-state index contributed by atoms with van der Waals surface area (Å²) < 4.78 is 0. The van der Waals surface area contributed by atoms with E-state index in [0.717, 1.165) is 16.7 Å². The predicted octanol–water partition coefficient (Wildman–Crippen LogP) is 3.31. The Morgan fingerprint density at radius 2 is 1.92 bits per heavy atom. The van der Waals surface area contributed by atoms with Gasteiger partial charge in [0.2, 0.25) is 5.91 Å². The summed E-state index contributed by atoms with van der Waals surface area (Å²) in [6, 6.07) is 8.95. The van der Waals surface area contributed by atoms with E-state index in [0.29, 0.717) is 29.6 Å². The van der Waals surface area contributed by atoms with Crippen molar-refractivity contribution in [1.29, 1.82) is 0 Å². The fraction of sp³-hybridized carbons (Fsp3) is 0.235. The van der Waals surface area contributed by atoms with Gasteiger partial charge in [0.15, 0.2) is 0 Å². The molecular weight excluding hydrogens is 365 g/mol. The number of non-ortho nitro benzene ring substituents is 1. The molecular formula is C17H15Cl2N3O3. The van der Waals surface area contributed by atoms with E-state index in [1.807, 2.05) is 0 Å². The molecule has 1 aliphatic rings. The number of carbonyl (C=O) groups excluding carboxylic acids is 1. The molecule has 8 heteroatoms. The highest BCUT2D eigenvalue weighted by atomic mass is 35.5. The molecule has 1 amide bonds. The molecule has 0 aromatic heterocycles. The van der Waals surface area contributed by atoms with Crippen molar-refractivity contribution in [3.63, 3.8) is 0 Å². The Morgan fingerprint density at radius 1 is 1.20 bits per heavy atom.